The van der Waals surface area contributed by atoms with Crippen molar-refractivity contribution in [3.63, 3.8) is 0 Å². The highest BCUT2D eigenvalue weighted by Gasteiger charge is 2.33. The van der Waals surface area contributed by atoms with E-state index in [9.17, 15) is 4.79 Å². The molecular weight excluding hydrogens is 292 g/mol. The molecule has 1 aliphatic rings. The van der Waals surface area contributed by atoms with Crippen molar-refractivity contribution in [2.45, 2.75) is 32.4 Å². The lowest BCUT2D eigenvalue weighted by Crippen LogP contribution is -2.43. The summed E-state index contributed by atoms with van der Waals surface area (Å²) in [6, 6.07) is 11.9. The Bertz CT molecular complexity index is 652. The number of amides is 1. The summed E-state index contributed by atoms with van der Waals surface area (Å²) in [5.41, 5.74) is 8.63. The molecular formula is C18H22N2OS. The Morgan fingerprint density at radius 3 is 2.77 bits per heavy atom. The Balaban J connectivity index is 1.77. The van der Waals surface area contributed by atoms with Crippen LogP contribution in [0.1, 0.15) is 41.9 Å². The fraction of sp³-hybridized carbons (Fsp3) is 0.389. The molecule has 1 aliphatic heterocycles. The summed E-state index contributed by atoms with van der Waals surface area (Å²) in [5.74, 6) is -0.0641. The third kappa shape index (κ3) is 2.69. The number of hydrogen-bond donors (Lipinski definition) is 1. The number of carbonyl (C=O) groups is 1. The molecule has 4 heteroatoms. The van der Waals surface area contributed by atoms with Crippen LogP contribution < -0.4 is 5.73 Å². The third-order valence-corrected chi connectivity index (χ3v) is 5.67. The number of thiophene rings is 1. The van der Waals surface area contributed by atoms with Gasteiger partial charge in [0.15, 0.2) is 0 Å². The Hall–Kier alpha value is -1.65. The van der Waals surface area contributed by atoms with Gasteiger partial charge >= 0.3 is 0 Å². The van der Waals surface area contributed by atoms with Gasteiger partial charge in [-0.05, 0) is 35.9 Å². The molecule has 1 aromatic heterocycles. The number of nitrogens with zero attached hydrogens (tertiary/aromatic N) is 1. The summed E-state index contributed by atoms with van der Waals surface area (Å²) in [4.78, 5) is 16.3. The number of benzene rings is 1. The summed E-state index contributed by atoms with van der Waals surface area (Å²) in [5, 5.41) is 2.12. The number of carbonyl (C=O) groups excluding carboxylic acids is 1. The molecule has 22 heavy (non-hydrogen) atoms. The van der Waals surface area contributed by atoms with Crippen molar-refractivity contribution in [2.24, 2.45) is 11.7 Å². The fourth-order valence-corrected chi connectivity index (χ4v) is 4.15. The first-order chi connectivity index (χ1) is 10.6. The molecule has 0 fully saturated rings. The Morgan fingerprint density at radius 1 is 1.32 bits per heavy atom. The summed E-state index contributed by atoms with van der Waals surface area (Å²) in [6.45, 7) is 4.85. The summed E-state index contributed by atoms with van der Waals surface area (Å²) >= 11 is 1.79. The smallest absolute Gasteiger partial charge is 0.227 e. The lowest BCUT2D eigenvalue weighted by Gasteiger charge is -2.36. The number of hydrogen-bond acceptors (Lipinski definition) is 3. The highest BCUT2D eigenvalue weighted by Crippen LogP contribution is 2.34. The van der Waals surface area contributed by atoms with Crippen LogP contribution in [0.25, 0.3) is 0 Å². The van der Waals surface area contributed by atoms with Crippen molar-refractivity contribution in [2.75, 3.05) is 6.54 Å². The molecule has 2 aromatic rings. The molecule has 3 unspecified atom stereocenters. The minimum Gasteiger partial charge on any atom is -0.335 e. The van der Waals surface area contributed by atoms with Crippen molar-refractivity contribution in [1.82, 2.24) is 4.90 Å². The lowest BCUT2D eigenvalue weighted by molar-refractivity contribution is -0.138. The van der Waals surface area contributed by atoms with Crippen LogP contribution >= 0.6 is 11.3 Å². The van der Waals surface area contributed by atoms with Gasteiger partial charge in [-0.1, -0.05) is 37.3 Å². The molecule has 1 amide bonds. The third-order valence-electron chi connectivity index (χ3n) is 4.67. The van der Waals surface area contributed by atoms with Crippen LogP contribution in [-0.2, 0) is 11.2 Å². The first-order valence-corrected chi connectivity index (χ1v) is 8.65. The van der Waals surface area contributed by atoms with Crippen LogP contribution in [0, 0.1) is 5.92 Å². The molecule has 116 valence electrons. The molecule has 3 nitrogen and oxygen atoms in total. The van der Waals surface area contributed by atoms with Gasteiger partial charge in [-0.2, -0.15) is 0 Å². The zero-order chi connectivity index (χ0) is 15.7. The van der Waals surface area contributed by atoms with Gasteiger partial charge in [0.05, 0.1) is 12.0 Å². The molecule has 3 rings (SSSR count). The van der Waals surface area contributed by atoms with E-state index >= 15 is 0 Å². The monoisotopic (exact) mass is 314 g/mol. The normalized spacial score (nSPS) is 20.3. The lowest BCUT2D eigenvalue weighted by atomic mass is 9.92. The van der Waals surface area contributed by atoms with E-state index in [0.717, 1.165) is 18.5 Å². The molecule has 0 radical (unpaired) electrons. The highest BCUT2D eigenvalue weighted by molar-refractivity contribution is 7.10. The van der Waals surface area contributed by atoms with Gasteiger partial charge in [0.1, 0.15) is 0 Å². The minimum absolute atomic E-state index is 0.146. The van der Waals surface area contributed by atoms with E-state index in [1.54, 1.807) is 11.3 Å². The van der Waals surface area contributed by atoms with Gasteiger partial charge in [-0.15, -0.1) is 11.3 Å². The standard InChI is InChI=1S/C18H22N2OS/c1-12(17(19)14-6-4-3-5-7-14)18(21)20-10-8-16-15(13(20)2)9-11-22-16/h3-7,9,11-13,17H,8,10,19H2,1-2H3. The van der Waals surface area contributed by atoms with E-state index < -0.39 is 0 Å². The van der Waals surface area contributed by atoms with Crippen molar-refractivity contribution in [3.8, 4) is 0 Å². The van der Waals surface area contributed by atoms with Crippen molar-refractivity contribution >= 4 is 17.2 Å². The maximum Gasteiger partial charge on any atom is 0.227 e. The molecule has 0 bridgehead atoms. The number of nitrogens with two attached hydrogens (primary N) is 1. The maximum absolute atomic E-state index is 12.9. The summed E-state index contributed by atoms with van der Waals surface area (Å²) in [6.07, 6.45) is 0.955. The summed E-state index contributed by atoms with van der Waals surface area (Å²) < 4.78 is 0. The van der Waals surface area contributed by atoms with Gasteiger partial charge in [-0.3, -0.25) is 4.79 Å². The zero-order valence-corrected chi connectivity index (χ0v) is 13.8. The second kappa shape index (κ2) is 6.23. The van der Waals surface area contributed by atoms with Crippen LogP contribution in [0.5, 0.6) is 0 Å². The highest BCUT2D eigenvalue weighted by atomic mass is 32.1. The number of fused-ring (bicyclic) bond motifs is 1. The SMILES string of the molecule is CC(C(=O)N1CCc2sccc2C1C)C(N)c1ccccc1. The Kier molecular flexibility index (Phi) is 4.32. The Morgan fingerprint density at radius 2 is 2.05 bits per heavy atom. The Labute approximate surface area is 135 Å². The van der Waals surface area contributed by atoms with E-state index in [0.29, 0.717) is 0 Å². The van der Waals surface area contributed by atoms with E-state index in [1.807, 2.05) is 42.2 Å². The van der Waals surface area contributed by atoms with E-state index in [1.165, 1.54) is 10.4 Å². The molecule has 2 N–H and O–H groups in total. The second-order valence-electron chi connectivity index (χ2n) is 5.98. The molecule has 0 saturated carbocycles. The quantitative estimate of drug-likeness (QED) is 0.942. The van der Waals surface area contributed by atoms with Crippen LogP contribution in [0.4, 0.5) is 0 Å². The van der Waals surface area contributed by atoms with E-state index in [4.69, 9.17) is 5.73 Å². The maximum atomic E-state index is 12.9. The molecule has 0 spiro atoms. The molecule has 0 aliphatic carbocycles. The van der Waals surface area contributed by atoms with Crippen LogP contribution in [0.3, 0.4) is 0 Å². The zero-order valence-electron chi connectivity index (χ0n) is 13.0. The molecule has 1 aromatic carbocycles. The van der Waals surface area contributed by atoms with Crippen LogP contribution in [-0.4, -0.2) is 17.4 Å². The topological polar surface area (TPSA) is 46.3 Å². The first-order valence-electron chi connectivity index (χ1n) is 7.77. The fourth-order valence-electron chi connectivity index (χ4n) is 3.19. The van der Waals surface area contributed by atoms with Crippen molar-refractivity contribution in [1.29, 1.82) is 0 Å². The molecule has 3 atom stereocenters. The average Bonchev–Trinajstić information content (AvgIpc) is 3.03. The predicted molar refractivity (Wildman–Crippen MR) is 90.7 cm³/mol. The van der Waals surface area contributed by atoms with Crippen molar-refractivity contribution < 1.29 is 4.79 Å². The first kappa shape index (κ1) is 15.3. The second-order valence-corrected chi connectivity index (χ2v) is 6.98. The summed E-state index contributed by atoms with van der Waals surface area (Å²) in [7, 11) is 0. The van der Waals surface area contributed by atoms with Crippen LogP contribution in [0.15, 0.2) is 41.8 Å². The molecule has 0 saturated heterocycles. The number of rotatable bonds is 3. The van der Waals surface area contributed by atoms with Gasteiger partial charge in [0, 0.05) is 17.5 Å². The van der Waals surface area contributed by atoms with Crippen molar-refractivity contribution in [3.05, 3.63) is 57.8 Å². The van der Waals surface area contributed by atoms with E-state index in [2.05, 4.69) is 18.4 Å². The van der Waals surface area contributed by atoms with Gasteiger partial charge in [0.25, 0.3) is 0 Å². The van der Waals surface area contributed by atoms with Crippen LogP contribution in [0.2, 0.25) is 0 Å². The van der Waals surface area contributed by atoms with E-state index in [-0.39, 0.29) is 23.9 Å². The average molecular weight is 314 g/mol. The van der Waals surface area contributed by atoms with Gasteiger partial charge < -0.3 is 10.6 Å². The predicted octanol–water partition coefficient (Wildman–Crippen LogP) is 3.53. The minimum atomic E-state index is -0.259. The van der Waals surface area contributed by atoms with Gasteiger partial charge in [0.2, 0.25) is 5.91 Å². The molecule has 2 heterocycles. The van der Waals surface area contributed by atoms with Gasteiger partial charge in [-0.25, -0.2) is 0 Å². The largest absolute Gasteiger partial charge is 0.335 e.